The Morgan fingerprint density at radius 2 is 1.41 bits per heavy atom. The summed E-state index contributed by atoms with van der Waals surface area (Å²) in [6.45, 7) is 0. The van der Waals surface area contributed by atoms with Crippen LogP contribution in [0.5, 0.6) is 34.5 Å². The normalized spacial score (nSPS) is 10.9. The van der Waals surface area contributed by atoms with Gasteiger partial charge in [-0.1, -0.05) is 12.2 Å². The van der Waals surface area contributed by atoms with Gasteiger partial charge in [-0.05, 0) is 53.6 Å². The number of nitrogens with zero attached hydrogens (tertiary/aromatic N) is 1. The lowest BCUT2D eigenvalue weighted by molar-refractivity contribution is -0.385. The van der Waals surface area contributed by atoms with Gasteiger partial charge in [-0.25, -0.2) is 0 Å². The zero-order valence-electron chi connectivity index (χ0n) is 22.0. The Kier molecular flexibility index (Phi) is 9.36. The lowest BCUT2D eigenvalue weighted by Gasteiger charge is -2.14. The third-order valence-electron chi connectivity index (χ3n) is 5.61. The van der Waals surface area contributed by atoms with Gasteiger partial charge < -0.3 is 34.1 Å². The third-order valence-corrected chi connectivity index (χ3v) is 5.61. The van der Waals surface area contributed by atoms with Crippen LogP contribution in [0.2, 0.25) is 0 Å². The molecular formula is C28H28N2O9. The van der Waals surface area contributed by atoms with E-state index in [-0.39, 0.29) is 28.6 Å². The first-order valence-corrected chi connectivity index (χ1v) is 11.5. The lowest BCUT2D eigenvalue weighted by atomic mass is 10.1. The summed E-state index contributed by atoms with van der Waals surface area (Å²) in [5.41, 5.74) is 1.63. The minimum atomic E-state index is -0.558. The lowest BCUT2D eigenvalue weighted by Crippen LogP contribution is -2.09. The van der Waals surface area contributed by atoms with Gasteiger partial charge >= 0.3 is 5.69 Å². The van der Waals surface area contributed by atoms with Gasteiger partial charge in [0.25, 0.3) is 0 Å². The van der Waals surface area contributed by atoms with Crippen LogP contribution in [-0.2, 0) is 4.79 Å². The summed E-state index contributed by atoms with van der Waals surface area (Å²) in [5.74, 6) is 0.795. The number of amides is 1. The number of methoxy groups -OCH3 is 5. The smallest absolute Gasteiger partial charge is 0.310 e. The van der Waals surface area contributed by atoms with E-state index in [1.165, 1.54) is 65.9 Å². The molecule has 3 aromatic carbocycles. The molecular weight excluding hydrogens is 508 g/mol. The maximum Gasteiger partial charge on any atom is 0.310 e. The number of carbonyl (C=O) groups excluding carboxylic acids is 1. The molecule has 3 aromatic rings. The molecule has 2 N–H and O–H groups in total. The van der Waals surface area contributed by atoms with Gasteiger partial charge in [-0.2, -0.15) is 0 Å². The highest BCUT2D eigenvalue weighted by Gasteiger charge is 2.16. The SMILES string of the molecule is COc1cc(/C=C/C(=O)Nc2c(/C=C/c3cc(OC)c(OC)c(OC)c3)ccc(OC)c2O)ccc1[N+](=O)[O-]. The van der Waals surface area contributed by atoms with Crippen molar-refractivity contribution in [2.75, 3.05) is 40.9 Å². The molecule has 0 saturated heterocycles. The average Bonchev–Trinajstić information content (AvgIpc) is 2.95. The number of hydrogen-bond acceptors (Lipinski definition) is 9. The summed E-state index contributed by atoms with van der Waals surface area (Å²) in [7, 11) is 7.26. The van der Waals surface area contributed by atoms with Gasteiger partial charge in [0.2, 0.25) is 11.7 Å². The van der Waals surface area contributed by atoms with Crippen LogP contribution in [0.15, 0.2) is 48.5 Å². The Bertz CT molecular complexity index is 1410. The minimum absolute atomic E-state index is 0.0622. The van der Waals surface area contributed by atoms with Gasteiger partial charge in [-0.3, -0.25) is 14.9 Å². The van der Waals surface area contributed by atoms with Crippen LogP contribution in [0.25, 0.3) is 18.2 Å². The second-order valence-corrected chi connectivity index (χ2v) is 7.88. The highest BCUT2D eigenvalue weighted by molar-refractivity contribution is 6.04. The van der Waals surface area contributed by atoms with E-state index in [1.807, 2.05) is 0 Å². The molecule has 0 fully saturated rings. The van der Waals surface area contributed by atoms with Crippen LogP contribution in [0.3, 0.4) is 0 Å². The van der Waals surface area contributed by atoms with Gasteiger partial charge in [0, 0.05) is 17.7 Å². The van der Waals surface area contributed by atoms with Gasteiger partial charge in [0.1, 0.15) is 0 Å². The van der Waals surface area contributed by atoms with Crippen molar-refractivity contribution in [3.05, 3.63) is 75.3 Å². The molecule has 0 heterocycles. The van der Waals surface area contributed by atoms with E-state index >= 15 is 0 Å². The molecule has 0 unspecified atom stereocenters. The molecule has 0 radical (unpaired) electrons. The van der Waals surface area contributed by atoms with E-state index in [0.717, 1.165) is 0 Å². The molecule has 0 aliphatic rings. The number of anilines is 1. The van der Waals surface area contributed by atoms with E-state index in [9.17, 15) is 20.0 Å². The second-order valence-electron chi connectivity index (χ2n) is 7.88. The maximum absolute atomic E-state index is 12.8. The zero-order valence-corrected chi connectivity index (χ0v) is 22.0. The fraction of sp³-hybridized carbons (Fsp3) is 0.179. The first-order valence-electron chi connectivity index (χ1n) is 11.5. The van der Waals surface area contributed by atoms with E-state index in [4.69, 9.17) is 23.7 Å². The van der Waals surface area contributed by atoms with Crippen molar-refractivity contribution in [3.63, 3.8) is 0 Å². The molecule has 0 bridgehead atoms. The summed E-state index contributed by atoms with van der Waals surface area (Å²) in [4.78, 5) is 23.3. The molecule has 39 heavy (non-hydrogen) atoms. The van der Waals surface area contributed by atoms with Crippen LogP contribution in [0.1, 0.15) is 16.7 Å². The Hall–Kier alpha value is -5.19. The zero-order chi connectivity index (χ0) is 28.5. The number of phenolic OH excluding ortho intramolecular Hbond substituents is 1. The number of nitrogens with one attached hydrogen (secondary N) is 1. The van der Waals surface area contributed by atoms with Crippen molar-refractivity contribution in [2.45, 2.75) is 0 Å². The summed E-state index contributed by atoms with van der Waals surface area (Å²) in [6.07, 6.45) is 6.14. The quantitative estimate of drug-likeness (QED) is 0.112. The molecule has 0 aromatic heterocycles. The average molecular weight is 537 g/mol. The second kappa shape index (κ2) is 12.9. The van der Waals surface area contributed by atoms with E-state index in [0.29, 0.717) is 33.9 Å². The molecule has 11 heteroatoms. The van der Waals surface area contributed by atoms with E-state index in [2.05, 4.69) is 5.32 Å². The van der Waals surface area contributed by atoms with Crippen LogP contribution >= 0.6 is 0 Å². The standard InChI is InChI=1S/C28H28N2O9/c1-35-21-12-10-19(9-6-18-15-23(37-3)28(39-5)24(16-18)38-4)26(27(21)32)29-25(31)13-8-17-7-11-20(30(33)34)22(14-17)36-2/h6-16,32H,1-5H3,(H,29,31)/b9-6+,13-8+. The predicted molar refractivity (Wildman–Crippen MR) is 147 cm³/mol. The molecule has 0 saturated carbocycles. The van der Waals surface area contributed by atoms with Gasteiger partial charge in [0.15, 0.2) is 28.7 Å². The number of ether oxygens (including phenoxy) is 5. The van der Waals surface area contributed by atoms with Crippen LogP contribution in [0.4, 0.5) is 11.4 Å². The Labute approximate surface area is 225 Å². The van der Waals surface area contributed by atoms with Crippen LogP contribution < -0.4 is 29.0 Å². The number of hydrogen-bond donors (Lipinski definition) is 2. The number of aromatic hydroxyl groups is 1. The number of benzene rings is 3. The first kappa shape index (κ1) is 28.4. The van der Waals surface area contributed by atoms with Crippen LogP contribution in [0, 0.1) is 10.1 Å². The molecule has 0 atom stereocenters. The number of rotatable bonds is 11. The van der Waals surface area contributed by atoms with Crippen molar-refractivity contribution < 1.29 is 38.5 Å². The number of nitro groups is 1. The molecule has 0 spiro atoms. The number of phenols is 1. The molecule has 11 nitrogen and oxygen atoms in total. The summed E-state index contributed by atoms with van der Waals surface area (Å²) < 4.78 is 26.4. The summed E-state index contributed by atoms with van der Waals surface area (Å²) in [6, 6.07) is 11.0. The van der Waals surface area contributed by atoms with Crippen LogP contribution in [-0.4, -0.2) is 51.5 Å². The molecule has 1 amide bonds. The number of carbonyl (C=O) groups is 1. The largest absolute Gasteiger partial charge is 0.503 e. The highest BCUT2D eigenvalue weighted by Crippen LogP contribution is 2.40. The molecule has 0 aliphatic carbocycles. The molecule has 0 aliphatic heterocycles. The maximum atomic E-state index is 12.8. The molecule has 3 rings (SSSR count). The van der Waals surface area contributed by atoms with E-state index in [1.54, 1.807) is 36.4 Å². The first-order chi connectivity index (χ1) is 18.8. The number of nitro benzene ring substituents is 1. The van der Waals surface area contributed by atoms with Crippen molar-refractivity contribution in [2.24, 2.45) is 0 Å². The fourth-order valence-corrected chi connectivity index (χ4v) is 3.69. The van der Waals surface area contributed by atoms with Gasteiger partial charge in [-0.15, -0.1) is 0 Å². The predicted octanol–water partition coefficient (Wildman–Crippen LogP) is 5.17. The van der Waals surface area contributed by atoms with Gasteiger partial charge in [0.05, 0.1) is 46.2 Å². The Morgan fingerprint density at radius 3 is 1.97 bits per heavy atom. The van der Waals surface area contributed by atoms with Crippen molar-refractivity contribution in [1.29, 1.82) is 0 Å². The molecule has 204 valence electrons. The van der Waals surface area contributed by atoms with Crippen molar-refractivity contribution in [1.82, 2.24) is 0 Å². The van der Waals surface area contributed by atoms with E-state index < -0.39 is 10.8 Å². The topological polar surface area (TPSA) is 139 Å². The minimum Gasteiger partial charge on any atom is -0.503 e. The summed E-state index contributed by atoms with van der Waals surface area (Å²) in [5, 5.41) is 24.5. The Morgan fingerprint density at radius 1 is 0.795 bits per heavy atom. The monoisotopic (exact) mass is 536 g/mol. The third kappa shape index (κ3) is 6.58. The Balaban J connectivity index is 1.92. The highest BCUT2D eigenvalue weighted by atomic mass is 16.6. The van der Waals surface area contributed by atoms with Crippen molar-refractivity contribution >= 4 is 35.5 Å². The van der Waals surface area contributed by atoms with Crippen molar-refractivity contribution in [3.8, 4) is 34.5 Å². The summed E-state index contributed by atoms with van der Waals surface area (Å²) >= 11 is 0. The fourth-order valence-electron chi connectivity index (χ4n) is 3.69.